The molecule has 0 bridgehead atoms. The van der Waals surface area contributed by atoms with Gasteiger partial charge in [-0.3, -0.25) is 0 Å². The normalized spacial score (nSPS) is 13.7. The van der Waals surface area contributed by atoms with Crippen molar-refractivity contribution in [3.63, 3.8) is 0 Å². The average molecular weight is 781 g/mol. The van der Waals surface area contributed by atoms with Gasteiger partial charge in [-0.1, -0.05) is 120 Å². The summed E-state index contributed by atoms with van der Waals surface area (Å²) in [7, 11) is 0. The van der Waals surface area contributed by atoms with E-state index in [1.165, 1.54) is 41.5 Å². The second-order valence-electron chi connectivity index (χ2n) is 17.0. The van der Waals surface area contributed by atoms with Crippen LogP contribution in [0.15, 0.2) is 121 Å². The van der Waals surface area contributed by atoms with Gasteiger partial charge in [0.2, 0.25) is 0 Å². The molecule has 6 heteroatoms. The largest absolute Gasteiger partial charge is 0.508 e. The first kappa shape index (κ1) is 43.2. The lowest BCUT2D eigenvalue weighted by Crippen LogP contribution is -2.30. The van der Waals surface area contributed by atoms with Gasteiger partial charge in [0.25, 0.3) is 0 Å². The minimum Gasteiger partial charge on any atom is -0.508 e. The molecule has 0 atom stereocenters. The Labute approximate surface area is 344 Å². The Balaban J connectivity index is 0.000000167. The van der Waals surface area contributed by atoms with E-state index in [-0.39, 0.29) is 27.7 Å². The molecule has 0 heterocycles. The zero-order chi connectivity index (χ0) is 42.4. The van der Waals surface area contributed by atoms with Crippen LogP contribution in [0.3, 0.4) is 0 Å². The number of rotatable bonds is 6. The molecular weight excluding hydrogens is 721 g/mol. The summed E-state index contributed by atoms with van der Waals surface area (Å²) in [4.78, 5) is 0. The third-order valence-electron chi connectivity index (χ3n) is 12.2. The van der Waals surface area contributed by atoms with Crippen molar-refractivity contribution >= 4 is 0 Å². The van der Waals surface area contributed by atoms with Gasteiger partial charge in [0.05, 0.1) is 0 Å². The van der Waals surface area contributed by atoms with Gasteiger partial charge in [-0.2, -0.15) is 0 Å². The monoisotopic (exact) mass is 780 g/mol. The molecule has 1 saturated carbocycles. The van der Waals surface area contributed by atoms with Crippen LogP contribution in [0.2, 0.25) is 0 Å². The van der Waals surface area contributed by atoms with E-state index in [1.807, 2.05) is 100 Å². The minimum atomic E-state index is -0.188. The molecule has 58 heavy (non-hydrogen) atoms. The van der Waals surface area contributed by atoms with E-state index in [4.69, 9.17) is 0 Å². The molecule has 6 aromatic carbocycles. The Morgan fingerprint density at radius 2 is 0.621 bits per heavy atom. The molecule has 304 valence electrons. The molecule has 6 aromatic rings. The van der Waals surface area contributed by atoms with E-state index >= 15 is 0 Å². The molecule has 6 nitrogen and oxygen atoms in total. The smallest absolute Gasteiger partial charge is 0.121 e. The van der Waals surface area contributed by atoms with Gasteiger partial charge in [0, 0.05) is 16.2 Å². The lowest BCUT2D eigenvalue weighted by molar-refractivity contribution is 0.345. The molecule has 7 rings (SSSR count). The average Bonchev–Trinajstić information content (AvgIpc) is 3.20. The Morgan fingerprint density at radius 1 is 0.362 bits per heavy atom. The van der Waals surface area contributed by atoms with E-state index in [0.717, 1.165) is 46.2 Å². The maximum absolute atomic E-state index is 9.96. The molecule has 1 aliphatic rings. The summed E-state index contributed by atoms with van der Waals surface area (Å²) >= 11 is 0. The fourth-order valence-corrected chi connectivity index (χ4v) is 8.18. The fraction of sp³-hybridized carbons (Fsp3) is 0.308. The standard InChI is InChI=1S/C19H24O2.C18H20O2.C15H16O2/c1-11-7-15(8-12(2)17(11)20)19(5,6)16-9-13(3)18(21)14(4)10-16;19-16-8-4-14(5-9-16)18(12-2-1-3-13-18)15-6-10-17(20)11-7-15;1-15(2,11-3-7-13(16)8-4-11)12-5-9-14(17)10-6-12/h7-10,20-21H,1-6H3;4-11,19-20H,1-3,12-13H2;3-10,16-17H,1-2H3. The molecular formula is C52H60O6. The topological polar surface area (TPSA) is 121 Å². The van der Waals surface area contributed by atoms with Gasteiger partial charge in [-0.25, -0.2) is 0 Å². The lowest BCUT2D eigenvalue weighted by atomic mass is 9.65. The summed E-state index contributed by atoms with van der Waals surface area (Å²) in [5.74, 6) is 1.90. The van der Waals surface area contributed by atoms with Gasteiger partial charge in [-0.15, -0.1) is 0 Å². The predicted molar refractivity (Wildman–Crippen MR) is 236 cm³/mol. The SMILES string of the molecule is CC(C)(c1ccc(O)cc1)c1ccc(O)cc1.Cc1cc(C(C)(C)c2cc(C)c(O)c(C)c2)cc(C)c1O.Oc1ccc(C2(c3ccc(O)cc3)CCCCC2)cc1. The second-order valence-corrected chi connectivity index (χ2v) is 17.0. The third kappa shape index (κ3) is 9.62. The van der Waals surface area contributed by atoms with Crippen molar-refractivity contribution < 1.29 is 30.6 Å². The Kier molecular flexibility index (Phi) is 13.2. The van der Waals surface area contributed by atoms with Crippen molar-refractivity contribution in [1.29, 1.82) is 0 Å². The van der Waals surface area contributed by atoms with Crippen LogP contribution in [0.1, 0.15) is 115 Å². The number of phenols is 6. The maximum Gasteiger partial charge on any atom is 0.121 e. The molecule has 0 amide bonds. The van der Waals surface area contributed by atoms with Crippen LogP contribution >= 0.6 is 0 Å². The van der Waals surface area contributed by atoms with Crippen LogP contribution in [0, 0.1) is 27.7 Å². The highest BCUT2D eigenvalue weighted by molar-refractivity contribution is 5.51. The summed E-state index contributed by atoms with van der Waals surface area (Å²) < 4.78 is 0. The highest BCUT2D eigenvalue weighted by Gasteiger charge is 2.35. The molecule has 6 N–H and O–H groups in total. The molecule has 1 aliphatic carbocycles. The first-order valence-corrected chi connectivity index (χ1v) is 20.1. The van der Waals surface area contributed by atoms with Crippen molar-refractivity contribution in [3.05, 3.63) is 177 Å². The van der Waals surface area contributed by atoms with Crippen LogP contribution in [0.4, 0.5) is 0 Å². The number of hydrogen-bond donors (Lipinski definition) is 6. The van der Waals surface area contributed by atoms with Gasteiger partial charge >= 0.3 is 0 Å². The van der Waals surface area contributed by atoms with Gasteiger partial charge in [0.1, 0.15) is 34.5 Å². The Hall–Kier alpha value is -5.88. The van der Waals surface area contributed by atoms with E-state index < -0.39 is 0 Å². The first-order valence-electron chi connectivity index (χ1n) is 20.1. The van der Waals surface area contributed by atoms with E-state index in [1.54, 1.807) is 48.5 Å². The maximum atomic E-state index is 9.96. The fourth-order valence-electron chi connectivity index (χ4n) is 8.18. The predicted octanol–water partition coefficient (Wildman–Crippen LogP) is 12.4. The highest BCUT2D eigenvalue weighted by atomic mass is 16.3. The summed E-state index contributed by atoms with van der Waals surface area (Å²) in [6.07, 6.45) is 5.99. The van der Waals surface area contributed by atoms with Gasteiger partial charge in [0.15, 0.2) is 0 Å². The zero-order valence-electron chi connectivity index (χ0n) is 35.3. The quantitative estimate of drug-likeness (QED) is 0.100. The summed E-state index contributed by atoms with van der Waals surface area (Å²) in [5, 5.41) is 57.5. The molecule has 0 spiro atoms. The van der Waals surface area contributed by atoms with Crippen LogP contribution in [0.25, 0.3) is 0 Å². The van der Waals surface area contributed by atoms with Gasteiger partial charge in [-0.05, 0) is 145 Å². The number of aryl methyl sites for hydroxylation is 4. The van der Waals surface area contributed by atoms with E-state index in [9.17, 15) is 30.6 Å². The summed E-state index contributed by atoms with van der Waals surface area (Å²) in [5.41, 5.74) is 10.4. The summed E-state index contributed by atoms with van der Waals surface area (Å²) in [6, 6.07) is 37.8. The van der Waals surface area contributed by atoms with Gasteiger partial charge < -0.3 is 30.6 Å². The van der Waals surface area contributed by atoms with E-state index in [0.29, 0.717) is 23.0 Å². The summed E-state index contributed by atoms with van der Waals surface area (Å²) in [6.45, 7) is 16.3. The third-order valence-corrected chi connectivity index (χ3v) is 12.2. The molecule has 0 unspecified atom stereocenters. The minimum absolute atomic E-state index is 0.0274. The number of phenolic OH excluding ortho intramolecular Hbond substituents is 6. The van der Waals surface area contributed by atoms with Crippen molar-refractivity contribution in [3.8, 4) is 34.5 Å². The molecule has 1 fully saturated rings. The Bertz CT molecular complexity index is 2080. The number of hydrogen-bond acceptors (Lipinski definition) is 6. The van der Waals surface area contributed by atoms with Crippen LogP contribution < -0.4 is 0 Å². The van der Waals surface area contributed by atoms with Crippen molar-refractivity contribution in [2.45, 2.75) is 104 Å². The van der Waals surface area contributed by atoms with E-state index in [2.05, 4.69) is 27.7 Å². The lowest BCUT2D eigenvalue weighted by Gasteiger charge is -2.38. The Morgan fingerprint density at radius 3 is 0.914 bits per heavy atom. The van der Waals surface area contributed by atoms with Crippen molar-refractivity contribution in [2.75, 3.05) is 0 Å². The highest BCUT2D eigenvalue weighted by Crippen LogP contribution is 2.45. The van der Waals surface area contributed by atoms with Crippen molar-refractivity contribution in [2.24, 2.45) is 0 Å². The number of benzene rings is 6. The zero-order valence-corrected chi connectivity index (χ0v) is 35.3. The van der Waals surface area contributed by atoms with Crippen molar-refractivity contribution in [1.82, 2.24) is 0 Å². The molecule has 0 aromatic heterocycles. The van der Waals surface area contributed by atoms with Crippen LogP contribution in [-0.4, -0.2) is 30.6 Å². The molecule has 0 radical (unpaired) electrons. The second kappa shape index (κ2) is 17.7. The molecule has 0 aliphatic heterocycles. The van der Waals surface area contributed by atoms with Crippen LogP contribution in [0.5, 0.6) is 34.5 Å². The molecule has 0 saturated heterocycles. The first-order chi connectivity index (χ1) is 27.3. The number of aromatic hydroxyl groups is 6. The van der Waals surface area contributed by atoms with Crippen LogP contribution in [-0.2, 0) is 16.2 Å².